The van der Waals surface area contributed by atoms with E-state index in [1.165, 1.54) is 0 Å². The van der Waals surface area contributed by atoms with E-state index in [2.05, 4.69) is 4.98 Å². The van der Waals surface area contributed by atoms with E-state index in [0.717, 1.165) is 22.7 Å². The summed E-state index contributed by atoms with van der Waals surface area (Å²) in [6, 6.07) is 10.0. The van der Waals surface area contributed by atoms with Crippen LogP contribution in [0.2, 0.25) is 0 Å². The Hall–Kier alpha value is -1.78. The molecule has 1 aliphatic carbocycles. The average molecular weight is 284 g/mol. The molecule has 3 rings (SSSR count). The van der Waals surface area contributed by atoms with E-state index >= 15 is 0 Å². The number of Topliss-reactive ketones (excluding diaryl/α,β-unsaturated/α-hetero) is 1. The molecule has 0 bridgehead atoms. The molecule has 3 nitrogen and oxygen atoms in total. The largest absolute Gasteiger partial charge is 0.324 e. The number of rotatable bonds is 4. The maximum Gasteiger partial charge on any atom is 0.146 e. The lowest BCUT2D eigenvalue weighted by molar-refractivity contribution is -0.120. The molecule has 0 fully saturated rings. The van der Waals surface area contributed by atoms with Gasteiger partial charge in [0, 0.05) is 22.9 Å². The highest BCUT2D eigenvalue weighted by Gasteiger charge is 2.23. The third kappa shape index (κ3) is 2.86. The Balaban J connectivity index is 1.69. The van der Waals surface area contributed by atoms with Gasteiger partial charge in [-0.15, -0.1) is 11.3 Å². The van der Waals surface area contributed by atoms with Gasteiger partial charge >= 0.3 is 0 Å². The van der Waals surface area contributed by atoms with Gasteiger partial charge < -0.3 is 5.73 Å². The summed E-state index contributed by atoms with van der Waals surface area (Å²) in [4.78, 5) is 16.7. The van der Waals surface area contributed by atoms with Crippen molar-refractivity contribution < 1.29 is 4.79 Å². The summed E-state index contributed by atoms with van der Waals surface area (Å²) in [5.74, 6) is 0.178. The molecule has 2 N–H and O–H groups in total. The van der Waals surface area contributed by atoms with Crippen LogP contribution in [0.25, 0.3) is 11.3 Å². The highest BCUT2D eigenvalue weighted by molar-refractivity contribution is 7.10. The lowest BCUT2D eigenvalue weighted by atomic mass is 10.0. The first-order valence-corrected chi connectivity index (χ1v) is 7.57. The standard InChI is InChI=1S/C16H16N2OS/c17-13-7-6-12(8-13)15(19)9-16-18-14(10-20-16)11-4-2-1-3-5-11/h1-7,10,12-13H,8-9,17H2. The minimum absolute atomic E-state index is 0.0279. The molecule has 0 radical (unpaired) electrons. The van der Waals surface area contributed by atoms with Crippen LogP contribution in [0.15, 0.2) is 47.9 Å². The Bertz CT molecular complexity index is 633. The van der Waals surface area contributed by atoms with E-state index in [1.54, 1.807) is 11.3 Å². The van der Waals surface area contributed by atoms with E-state index in [4.69, 9.17) is 5.73 Å². The minimum atomic E-state index is -0.0333. The first-order chi connectivity index (χ1) is 9.72. The molecule has 1 aromatic heterocycles. The number of nitrogens with zero attached hydrogens (tertiary/aromatic N) is 1. The smallest absolute Gasteiger partial charge is 0.146 e. The van der Waals surface area contributed by atoms with Crippen molar-refractivity contribution in [2.45, 2.75) is 18.9 Å². The molecule has 102 valence electrons. The van der Waals surface area contributed by atoms with E-state index in [1.807, 2.05) is 47.9 Å². The molecule has 0 saturated heterocycles. The first-order valence-electron chi connectivity index (χ1n) is 6.69. The van der Waals surface area contributed by atoms with Crippen LogP contribution in [0.4, 0.5) is 0 Å². The number of hydrogen-bond acceptors (Lipinski definition) is 4. The number of carbonyl (C=O) groups is 1. The molecule has 1 aromatic carbocycles. The molecular weight excluding hydrogens is 268 g/mol. The van der Waals surface area contributed by atoms with Gasteiger partial charge in [-0.2, -0.15) is 0 Å². The Morgan fingerprint density at radius 2 is 2.10 bits per heavy atom. The van der Waals surface area contributed by atoms with Crippen molar-refractivity contribution in [1.29, 1.82) is 0 Å². The zero-order valence-electron chi connectivity index (χ0n) is 11.0. The van der Waals surface area contributed by atoms with Crippen molar-refractivity contribution in [2.75, 3.05) is 0 Å². The van der Waals surface area contributed by atoms with Crippen molar-refractivity contribution in [2.24, 2.45) is 11.7 Å². The van der Waals surface area contributed by atoms with E-state index in [-0.39, 0.29) is 17.7 Å². The third-order valence-electron chi connectivity index (χ3n) is 3.48. The molecule has 0 amide bonds. The van der Waals surface area contributed by atoms with E-state index in [9.17, 15) is 4.79 Å². The highest BCUT2D eigenvalue weighted by atomic mass is 32.1. The number of hydrogen-bond donors (Lipinski definition) is 1. The monoisotopic (exact) mass is 284 g/mol. The van der Waals surface area contributed by atoms with Gasteiger partial charge in [0.1, 0.15) is 10.8 Å². The molecule has 2 atom stereocenters. The predicted molar refractivity (Wildman–Crippen MR) is 81.5 cm³/mol. The summed E-state index contributed by atoms with van der Waals surface area (Å²) < 4.78 is 0. The Morgan fingerprint density at radius 1 is 1.30 bits per heavy atom. The fraction of sp³-hybridized carbons (Fsp3) is 0.250. The summed E-state index contributed by atoms with van der Waals surface area (Å²) in [7, 11) is 0. The van der Waals surface area contributed by atoms with Crippen LogP contribution in [-0.4, -0.2) is 16.8 Å². The maximum absolute atomic E-state index is 12.2. The van der Waals surface area contributed by atoms with Crippen LogP contribution >= 0.6 is 11.3 Å². The van der Waals surface area contributed by atoms with Crippen LogP contribution in [0.5, 0.6) is 0 Å². The quantitative estimate of drug-likeness (QED) is 0.878. The average Bonchev–Trinajstić information content (AvgIpc) is 3.09. The van der Waals surface area contributed by atoms with Crippen LogP contribution in [0.3, 0.4) is 0 Å². The lowest BCUT2D eigenvalue weighted by Crippen LogP contribution is -2.20. The first kappa shape index (κ1) is 13.2. The molecule has 0 spiro atoms. The van der Waals surface area contributed by atoms with Crippen molar-refractivity contribution in [1.82, 2.24) is 4.98 Å². The SMILES string of the molecule is NC1C=CC(C(=O)Cc2nc(-c3ccccc3)cs2)C1. The van der Waals surface area contributed by atoms with Gasteiger partial charge in [0.15, 0.2) is 0 Å². The Morgan fingerprint density at radius 3 is 2.80 bits per heavy atom. The molecule has 0 aliphatic heterocycles. The van der Waals surface area contributed by atoms with Crippen LogP contribution in [0, 0.1) is 5.92 Å². The van der Waals surface area contributed by atoms with Gasteiger partial charge in [0.25, 0.3) is 0 Å². The fourth-order valence-electron chi connectivity index (χ4n) is 2.38. The molecule has 1 aliphatic rings. The number of carbonyl (C=O) groups excluding carboxylic acids is 1. The number of ketones is 1. The molecule has 2 aromatic rings. The summed E-state index contributed by atoms with van der Waals surface area (Å²) in [5.41, 5.74) is 7.81. The number of aromatic nitrogens is 1. The summed E-state index contributed by atoms with van der Waals surface area (Å²) in [6.45, 7) is 0. The molecule has 0 saturated carbocycles. The summed E-state index contributed by atoms with van der Waals surface area (Å²) in [5, 5.41) is 2.89. The molecule has 20 heavy (non-hydrogen) atoms. The van der Waals surface area contributed by atoms with Crippen molar-refractivity contribution in [3.05, 3.63) is 52.9 Å². The second kappa shape index (κ2) is 5.69. The normalized spacial score (nSPS) is 21.2. The summed E-state index contributed by atoms with van der Waals surface area (Å²) in [6.07, 6.45) is 4.98. The predicted octanol–water partition coefficient (Wildman–Crippen LogP) is 2.83. The van der Waals surface area contributed by atoms with E-state index in [0.29, 0.717) is 6.42 Å². The molecule has 4 heteroatoms. The Kier molecular flexibility index (Phi) is 3.76. The third-order valence-corrected chi connectivity index (χ3v) is 4.33. The van der Waals surface area contributed by atoms with Gasteiger partial charge in [0.05, 0.1) is 12.1 Å². The van der Waals surface area contributed by atoms with Crippen LogP contribution in [0.1, 0.15) is 11.4 Å². The highest BCUT2D eigenvalue weighted by Crippen LogP contribution is 2.24. The second-order valence-electron chi connectivity index (χ2n) is 5.03. The van der Waals surface area contributed by atoms with Crippen molar-refractivity contribution >= 4 is 17.1 Å². The molecule has 1 heterocycles. The number of thiazole rings is 1. The summed E-state index contributed by atoms with van der Waals surface area (Å²) >= 11 is 1.55. The van der Waals surface area contributed by atoms with E-state index < -0.39 is 0 Å². The van der Waals surface area contributed by atoms with Crippen LogP contribution < -0.4 is 5.73 Å². The molecular formula is C16H16N2OS. The van der Waals surface area contributed by atoms with Crippen LogP contribution in [-0.2, 0) is 11.2 Å². The van der Waals surface area contributed by atoms with Crippen molar-refractivity contribution in [3.8, 4) is 11.3 Å². The number of nitrogens with two attached hydrogens (primary N) is 1. The maximum atomic E-state index is 12.2. The van der Waals surface area contributed by atoms with Gasteiger partial charge in [-0.25, -0.2) is 4.98 Å². The van der Waals surface area contributed by atoms with Gasteiger partial charge in [-0.3, -0.25) is 4.79 Å². The minimum Gasteiger partial charge on any atom is -0.324 e. The van der Waals surface area contributed by atoms with Crippen molar-refractivity contribution in [3.63, 3.8) is 0 Å². The lowest BCUT2D eigenvalue weighted by Gasteiger charge is -2.06. The number of benzene rings is 1. The zero-order valence-corrected chi connectivity index (χ0v) is 11.8. The Labute approximate surface area is 122 Å². The zero-order chi connectivity index (χ0) is 13.9. The van der Waals surface area contributed by atoms with Gasteiger partial charge in [-0.05, 0) is 6.42 Å². The van der Waals surface area contributed by atoms with Gasteiger partial charge in [0.2, 0.25) is 0 Å². The topological polar surface area (TPSA) is 56.0 Å². The second-order valence-corrected chi connectivity index (χ2v) is 5.97. The molecule has 2 unspecified atom stereocenters. The van der Waals surface area contributed by atoms with Gasteiger partial charge in [-0.1, -0.05) is 42.5 Å². The number of allylic oxidation sites excluding steroid dienone is 1. The fourth-order valence-corrected chi connectivity index (χ4v) is 3.19.